The summed E-state index contributed by atoms with van der Waals surface area (Å²) < 4.78 is 67.2. The number of imidazole rings is 2. The van der Waals surface area contributed by atoms with Crippen molar-refractivity contribution in [1.82, 2.24) is 39.0 Å². The van der Waals surface area contributed by atoms with Crippen LogP contribution in [0.3, 0.4) is 0 Å². The first-order chi connectivity index (χ1) is 21.1. The van der Waals surface area contributed by atoms with Crippen LogP contribution in [-0.4, -0.2) is 96.8 Å². The number of nitrogen functional groups attached to an aromatic ring is 2. The Kier molecular flexibility index (Phi) is 12.3. The van der Waals surface area contributed by atoms with Crippen LogP contribution in [0.1, 0.15) is 13.8 Å². The molecule has 22 nitrogen and oxygen atoms in total. The van der Waals surface area contributed by atoms with Gasteiger partial charge in [-0.05, 0) is 13.8 Å². The van der Waals surface area contributed by atoms with E-state index >= 15 is 0 Å². The van der Waals surface area contributed by atoms with Crippen LogP contribution in [0.25, 0.3) is 22.3 Å². The molecule has 4 aromatic heterocycles. The van der Waals surface area contributed by atoms with Gasteiger partial charge in [0.2, 0.25) is 7.37 Å². The van der Waals surface area contributed by atoms with Gasteiger partial charge in [0.05, 0.1) is 38.0 Å². The summed E-state index contributed by atoms with van der Waals surface area (Å²) in [5.41, 5.74) is 13.3. The van der Waals surface area contributed by atoms with E-state index in [1.165, 1.54) is 25.6 Å². The van der Waals surface area contributed by atoms with E-state index in [2.05, 4.69) is 38.5 Å². The van der Waals surface area contributed by atoms with Crippen LogP contribution in [0, 0.1) is 0 Å². The lowest BCUT2D eigenvalue weighted by Crippen LogP contribution is -2.17. The van der Waals surface area contributed by atoms with E-state index < -0.39 is 42.8 Å². The van der Waals surface area contributed by atoms with E-state index in [1.54, 1.807) is 22.4 Å². The number of anilines is 2. The highest BCUT2D eigenvalue weighted by molar-refractivity contribution is 7.69. The van der Waals surface area contributed by atoms with Crippen molar-refractivity contribution in [2.24, 2.45) is 0 Å². The third-order valence-electron chi connectivity index (χ3n) is 5.37. The molecule has 4 heterocycles. The van der Waals surface area contributed by atoms with Crippen molar-refractivity contribution in [3.05, 3.63) is 25.3 Å². The molecule has 26 heteroatoms. The fourth-order valence-corrected chi connectivity index (χ4v) is 7.97. The Labute approximate surface area is 261 Å². The molecule has 0 aliphatic carbocycles. The molecule has 6 atom stereocenters. The number of fused-ring (bicyclic) bond motifs is 2. The van der Waals surface area contributed by atoms with Gasteiger partial charge in [0, 0.05) is 13.3 Å². The van der Waals surface area contributed by atoms with Crippen molar-refractivity contribution in [2.45, 2.75) is 39.1 Å². The Balaban J connectivity index is 0.000000266. The first-order valence-corrected chi connectivity index (χ1v) is 20.4. The third-order valence-corrected chi connectivity index (χ3v) is 10.4. The summed E-state index contributed by atoms with van der Waals surface area (Å²) in [6.07, 6.45) is 3.61. The van der Waals surface area contributed by atoms with Gasteiger partial charge in [-0.1, -0.05) is 0 Å². The molecule has 0 spiro atoms. The molecule has 4 rings (SSSR count). The predicted molar refractivity (Wildman–Crippen MR) is 164 cm³/mol. The highest BCUT2D eigenvalue weighted by Crippen LogP contribution is 2.66. The fraction of sp³-hybridized carbons (Fsp3) is 0.500. The fourth-order valence-electron chi connectivity index (χ4n) is 3.60. The molecule has 0 saturated heterocycles. The molecule has 256 valence electrons. The summed E-state index contributed by atoms with van der Waals surface area (Å²) >= 11 is 0. The highest BCUT2D eigenvalue weighted by atomic mass is 31.3. The number of nitrogens with zero attached hydrogens (tertiary/aromatic N) is 8. The summed E-state index contributed by atoms with van der Waals surface area (Å²) in [4.78, 5) is 60.9. The number of nitrogens with two attached hydrogens (primary N) is 2. The maximum atomic E-state index is 11.8. The van der Waals surface area contributed by atoms with Crippen LogP contribution in [0.4, 0.5) is 11.6 Å². The van der Waals surface area contributed by atoms with Crippen LogP contribution in [0.5, 0.6) is 0 Å². The van der Waals surface area contributed by atoms with Crippen LogP contribution in [0.2, 0.25) is 0 Å². The normalized spacial score (nSPS) is 18.4. The summed E-state index contributed by atoms with van der Waals surface area (Å²) in [5, 5.41) is 0. The maximum absolute atomic E-state index is 11.8. The topological polar surface area (TPSA) is 325 Å². The van der Waals surface area contributed by atoms with Crippen molar-refractivity contribution >= 4 is 64.3 Å². The highest BCUT2D eigenvalue weighted by Gasteiger charge is 2.38. The van der Waals surface area contributed by atoms with E-state index in [4.69, 9.17) is 25.8 Å². The molecule has 0 amide bonds. The number of phosphoric acid groups is 1. The van der Waals surface area contributed by atoms with Gasteiger partial charge in [-0.15, -0.1) is 0 Å². The summed E-state index contributed by atoms with van der Waals surface area (Å²) in [5.74, 6) is 0.516. The van der Waals surface area contributed by atoms with Crippen molar-refractivity contribution in [2.75, 3.05) is 37.5 Å². The van der Waals surface area contributed by atoms with Gasteiger partial charge in [-0.3, -0.25) is 13.7 Å². The average Bonchev–Trinajstić information content (AvgIpc) is 3.50. The zero-order valence-corrected chi connectivity index (χ0v) is 28.4. The summed E-state index contributed by atoms with van der Waals surface area (Å²) in [6.45, 7) is 5.87. The minimum absolute atomic E-state index is 0.154. The molecule has 4 aromatic rings. The van der Waals surface area contributed by atoms with Crippen molar-refractivity contribution in [3.63, 3.8) is 0 Å². The van der Waals surface area contributed by atoms with E-state index in [1.807, 2.05) is 6.92 Å². The summed E-state index contributed by atoms with van der Waals surface area (Å²) in [6, 6.07) is 0. The van der Waals surface area contributed by atoms with Crippen LogP contribution in [0.15, 0.2) is 25.3 Å². The molecular weight excluding hydrogens is 696 g/mol. The van der Waals surface area contributed by atoms with Crippen molar-refractivity contribution < 1.29 is 55.9 Å². The van der Waals surface area contributed by atoms with Crippen LogP contribution >= 0.6 is 30.4 Å². The van der Waals surface area contributed by atoms with Crippen molar-refractivity contribution in [1.29, 1.82) is 0 Å². The Bertz CT molecular complexity index is 1840. The molecule has 0 aliphatic heterocycles. The minimum Gasteiger partial charge on any atom is -0.382 e. The SMILES string of the molecule is C[C@H](Cn1cnc2c(N)ncnc21)OCP(=O)(O)OP(=O)(O)OP(C)(=O)O.C[C@H](Cn1cnc2c(N)ncnc21)OCP(C)(=O)O. The summed E-state index contributed by atoms with van der Waals surface area (Å²) in [7, 11) is -17.6. The van der Waals surface area contributed by atoms with Gasteiger partial charge in [-0.2, -0.15) is 0 Å². The van der Waals surface area contributed by atoms with E-state index in [0.29, 0.717) is 41.4 Å². The molecule has 0 saturated carbocycles. The molecular formula is C20H34N10O12P4. The number of aromatic nitrogens is 8. The average molecular weight is 730 g/mol. The number of rotatable bonds is 14. The first kappa shape index (κ1) is 37.8. The van der Waals surface area contributed by atoms with Crippen LogP contribution in [-0.2, 0) is 49.4 Å². The minimum atomic E-state index is -5.24. The Morgan fingerprint density at radius 1 is 0.717 bits per heavy atom. The zero-order chi connectivity index (χ0) is 34.5. The molecule has 0 aliphatic rings. The third kappa shape index (κ3) is 11.8. The lowest BCUT2D eigenvalue weighted by molar-refractivity contribution is 0.0759. The van der Waals surface area contributed by atoms with Gasteiger partial charge >= 0.3 is 23.0 Å². The largest absolute Gasteiger partial charge is 0.486 e. The van der Waals surface area contributed by atoms with Gasteiger partial charge in [0.15, 0.2) is 22.9 Å². The molecule has 4 unspecified atom stereocenters. The van der Waals surface area contributed by atoms with E-state index in [0.717, 1.165) is 0 Å². The molecule has 0 aromatic carbocycles. The molecule has 0 fully saturated rings. The Hall–Kier alpha value is -2.70. The molecule has 0 radical (unpaired) electrons. The smallest absolute Gasteiger partial charge is 0.382 e. The van der Waals surface area contributed by atoms with Crippen LogP contribution < -0.4 is 11.5 Å². The monoisotopic (exact) mass is 730 g/mol. The standard InChI is InChI=1S/C10H18N5O9P3.C10H16N5O3P/c1-7(3-15-5-14-8-9(11)12-4-13-10(8)15)22-6-26(18,19)24-27(20,21)23-25(2,16)17;1-7(18-6-19(2,16)17)3-15-5-14-8-9(11)12-4-13-10(8)15/h4-5,7H,3,6H2,1-2H3,(H,16,17)(H,18,19)(H,20,21)(H2,11,12,13);4-5,7H,3,6H2,1-2H3,(H,16,17)(H2,11,12,13)/t2*7-/m11/s1. The van der Waals surface area contributed by atoms with Gasteiger partial charge in [0.25, 0.3) is 0 Å². The number of ether oxygens (including phenoxy) is 2. The van der Waals surface area contributed by atoms with E-state index in [-0.39, 0.29) is 24.8 Å². The van der Waals surface area contributed by atoms with Gasteiger partial charge < -0.3 is 49.6 Å². The lowest BCUT2D eigenvalue weighted by Gasteiger charge is -2.19. The zero-order valence-electron chi connectivity index (χ0n) is 24.9. The molecule has 46 heavy (non-hydrogen) atoms. The Morgan fingerprint density at radius 2 is 1.15 bits per heavy atom. The second kappa shape index (κ2) is 15.0. The molecule has 0 bridgehead atoms. The second-order valence-corrected chi connectivity index (χ2v) is 17.7. The Morgan fingerprint density at radius 3 is 1.57 bits per heavy atom. The second-order valence-electron chi connectivity index (χ2n) is 9.99. The van der Waals surface area contributed by atoms with Gasteiger partial charge in [0.1, 0.15) is 36.4 Å². The van der Waals surface area contributed by atoms with Gasteiger partial charge in [-0.25, -0.2) is 43.1 Å². The lowest BCUT2D eigenvalue weighted by atomic mass is 10.4. The van der Waals surface area contributed by atoms with Crippen molar-refractivity contribution in [3.8, 4) is 0 Å². The maximum Gasteiger partial charge on any atom is 0.486 e. The van der Waals surface area contributed by atoms with E-state index in [9.17, 15) is 32.9 Å². The molecule has 8 N–H and O–H groups in total. The number of hydrogen-bond acceptors (Lipinski definition) is 16. The predicted octanol–water partition coefficient (Wildman–Crippen LogP) is 1.58. The quantitative estimate of drug-likeness (QED) is 0.100. The number of hydrogen-bond donors (Lipinski definition) is 6. The first-order valence-electron chi connectivity index (χ1n) is 12.9.